The van der Waals surface area contributed by atoms with Crippen LogP contribution in [-0.4, -0.2) is 21.5 Å². The zero-order valence-corrected chi connectivity index (χ0v) is 13.1. The zero-order valence-electron chi connectivity index (χ0n) is 12.4. The Morgan fingerprint density at radius 1 is 1.25 bits per heavy atom. The number of anilines is 3. The van der Waals surface area contributed by atoms with Gasteiger partial charge in [0.05, 0.1) is 12.2 Å². The molecule has 0 atom stereocenters. The Bertz CT molecular complexity index is 924. The van der Waals surface area contributed by atoms with Crippen LogP contribution < -0.4 is 16.2 Å². The molecule has 3 N–H and O–H groups in total. The molecule has 3 rings (SSSR count). The minimum absolute atomic E-state index is 0. The highest BCUT2D eigenvalue weighted by Crippen LogP contribution is 2.21. The average molecular weight is 347 g/mol. The minimum Gasteiger partial charge on any atom is -0.391 e. The number of nitrogens with one attached hydrogen (secondary N) is 2. The Morgan fingerprint density at radius 3 is 2.71 bits per heavy atom. The Hall–Kier alpha value is -2.57. The third kappa shape index (κ3) is 3.34. The van der Waals surface area contributed by atoms with Gasteiger partial charge in [0.2, 0.25) is 0 Å². The lowest BCUT2D eigenvalue weighted by Crippen LogP contribution is -2.22. The van der Waals surface area contributed by atoms with E-state index in [0.29, 0.717) is 22.2 Å². The molecule has 0 saturated heterocycles. The normalized spacial score (nSPS) is 10.3. The summed E-state index contributed by atoms with van der Waals surface area (Å²) in [6.07, 6.45) is 1.62. The number of halogens is 1. The van der Waals surface area contributed by atoms with Gasteiger partial charge in [-0.25, -0.2) is 4.98 Å². The number of nitrogens with zero attached hydrogens (tertiary/aromatic N) is 2. The molecule has 0 bridgehead atoms. The molecule has 126 valence electrons. The Morgan fingerprint density at radius 2 is 2.04 bits per heavy atom. The van der Waals surface area contributed by atoms with Crippen LogP contribution in [0.2, 0.25) is 5.02 Å². The highest BCUT2D eigenvalue weighted by molar-refractivity contribution is 6.30. The monoisotopic (exact) mass is 346 g/mol. The summed E-state index contributed by atoms with van der Waals surface area (Å²) in [5.41, 5.74) is 1.88. The number of hydrogen-bond donors (Lipinski definition) is 3. The van der Waals surface area contributed by atoms with Gasteiger partial charge < -0.3 is 15.7 Å². The molecule has 2 heterocycles. The number of hydrogen-bond acceptors (Lipinski definition) is 5. The van der Waals surface area contributed by atoms with Gasteiger partial charge in [0, 0.05) is 35.7 Å². The van der Waals surface area contributed by atoms with Crippen molar-refractivity contribution in [3.63, 3.8) is 0 Å². The third-order valence-electron chi connectivity index (χ3n) is 3.46. The predicted molar refractivity (Wildman–Crippen MR) is 98.4 cm³/mol. The molecular weight excluding hydrogens is 328 g/mol. The van der Waals surface area contributed by atoms with Gasteiger partial charge in [0.25, 0.3) is 5.56 Å². The number of pyridine rings is 1. The molecule has 0 unspecified atom stereocenters. The summed E-state index contributed by atoms with van der Waals surface area (Å²) in [5.74, 6) is 0.313. The van der Waals surface area contributed by atoms with Crippen molar-refractivity contribution in [2.45, 2.75) is 14.0 Å². The first-order valence-corrected chi connectivity index (χ1v) is 7.36. The lowest BCUT2D eigenvalue weighted by molar-refractivity contribution is 0.280. The standard InChI is InChI=1S/C16H15ClN4O2.CH4/c1-18-11-5-6-21-14(8-11)20-15(13(9-22)16(21)23)19-12-4-2-3-10(17)7-12;/h2-8,18-19,22H,9H2,1H3;1H4. The third-order valence-corrected chi connectivity index (χ3v) is 3.69. The van der Waals surface area contributed by atoms with Gasteiger partial charge in [-0.2, -0.15) is 0 Å². The molecule has 0 aliphatic rings. The van der Waals surface area contributed by atoms with Crippen LogP contribution in [0.4, 0.5) is 17.2 Å². The van der Waals surface area contributed by atoms with Crippen LogP contribution in [0.15, 0.2) is 47.4 Å². The SMILES string of the molecule is C.CNc1ccn2c(=O)c(CO)c(Nc3cccc(Cl)c3)nc2c1. The van der Waals surface area contributed by atoms with Crippen molar-refractivity contribution in [1.29, 1.82) is 0 Å². The van der Waals surface area contributed by atoms with Gasteiger partial charge >= 0.3 is 0 Å². The molecule has 3 aromatic rings. The van der Waals surface area contributed by atoms with E-state index in [1.54, 1.807) is 49.6 Å². The molecule has 0 saturated carbocycles. The lowest BCUT2D eigenvalue weighted by atomic mass is 10.2. The fourth-order valence-corrected chi connectivity index (χ4v) is 2.47. The van der Waals surface area contributed by atoms with E-state index in [9.17, 15) is 9.90 Å². The van der Waals surface area contributed by atoms with Crippen LogP contribution in [0, 0.1) is 0 Å². The highest BCUT2D eigenvalue weighted by atomic mass is 35.5. The van der Waals surface area contributed by atoms with Crippen LogP contribution >= 0.6 is 11.6 Å². The van der Waals surface area contributed by atoms with Crippen LogP contribution in [0.25, 0.3) is 5.65 Å². The van der Waals surface area contributed by atoms with E-state index >= 15 is 0 Å². The van der Waals surface area contributed by atoms with Crippen molar-refractivity contribution in [2.75, 3.05) is 17.7 Å². The molecular formula is C17H19ClN4O2. The summed E-state index contributed by atoms with van der Waals surface area (Å²) in [6, 6.07) is 10.6. The molecule has 24 heavy (non-hydrogen) atoms. The first kappa shape index (κ1) is 17.8. The summed E-state index contributed by atoms with van der Waals surface area (Å²) in [7, 11) is 1.79. The molecule has 0 fully saturated rings. The Labute approximate surface area is 144 Å². The molecule has 0 aliphatic carbocycles. The number of aromatic nitrogens is 2. The van der Waals surface area contributed by atoms with E-state index in [1.165, 1.54) is 4.40 Å². The van der Waals surface area contributed by atoms with Crippen molar-refractivity contribution in [3.8, 4) is 0 Å². The van der Waals surface area contributed by atoms with Gasteiger partial charge in [-0.3, -0.25) is 9.20 Å². The van der Waals surface area contributed by atoms with Crippen LogP contribution in [0.5, 0.6) is 0 Å². The number of benzene rings is 1. The van der Waals surface area contributed by atoms with Gasteiger partial charge in [-0.05, 0) is 24.3 Å². The summed E-state index contributed by atoms with van der Waals surface area (Å²) in [4.78, 5) is 17.0. The first-order chi connectivity index (χ1) is 11.1. The van der Waals surface area contributed by atoms with Gasteiger partial charge in [0.1, 0.15) is 11.5 Å². The fraction of sp³-hybridized carbons (Fsp3) is 0.176. The van der Waals surface area contributed by atoms with Crippen LogP contribution in [0.3, 0.4) is 0 Å². The minimum atomic E-state index is -0.411. The number of aliphatic hydroxyl groups is 1. The molecule has 7 heteroatoms. The Balaban J connectivity index is 0.00000208. The number of aliphatic hydroxyl groups excluding tert-OH is 1. The second-order valence-corrected chi connectivity index (χ2v) is 5.37. The zero-order chi connectivity index (χ0) is 16.4. The van der Waals surface area contributed by atoms with E-state index in [2.05, 4.69) is 15.6 Å². The van der Waals surface area contributed by atoms with E-state index in [4.69, 9.17) is 11.6 Å². The average Bonchev–Trinajstić information content (AvgIpc) is 2.54. The smallest absolute Gasteiger partial charge is 0.265 e. The topological polar surface area (TPSA) is 78.7 Å². The van der Waals surface area contributed by atoms with Gasteiger partial charge in [-0.1, -0.05) is 25.1 Å². The summed E-state index contributed by atoms with van der Waals surface area (Å²) >= 11 is 5.97. The Kier molecular flexibility index (Phi) is 5.43. The summed E-state index contributed by atoms with van der Waals surface area (Å²) < 4.78 is 1.40. The van der Waals surface area contributed by atoms with Crippen molar-refractivity contribution in [1.82, 2.24) is 9.38 Å². The molecule has 0 aliphatic heterocycles. The molecule has 6 nitrogen and oxygen atoms in total. The largest absolute Gasteiger partial charge is 0.391 e. The van der Waals surface area contributed by atoms with Gasteiger partial charge in [-0.15, -0.1) is 0 Å². The first-order valence-electron chi connectivity index (χ1n) is 6.99. The highest BCUT2D eigenvalue weighted by Gasteiger charge is 2.12. The maximum atomic E-state index is 12.5. The molecule has 0 spiro atoms. The van der Waals surface area contributed by atoms with Crippen LogP contribution in [-0.2, 0) is 6.61 Å². The van der Waals surface area contributed by atoms with Crippen molar-refractivity contribution in [3.05, 3.63) is 63.5 Å². The second kappa shape index (κ2) is 7.33. The predicted octanol–water partition coefficient (Wildman–Crippen LogP) is 3.26. The number of fused-ring (bicyclic) bond motifs is 1. The molecule has 0 radical (unpaired) electrons. The van der Waals surface area contributed by atoms with E-state index in [-0.39, 0.29) is 18.5 Å². The van der Waals surface area contributed by atoms with Crippen molar-refractivity contribution < 1.29 is 5.11 Å². The lowest BCUT2D eigenvalue weighted by Gasteiger charge is -2.12. The molecule has 2 aromatic heterocycles. The van der Waals surface area contributed by atoms with E-state index in [1.807, 2.05) is 0 Å². The van der Waals surface area contributed by atoms with Gasteiger partial charge in [0.15, 0.2) is 0 Å². The van der Waals surface area contributed by atoms with Crippen LogP contribution in [0.1, 0.15) is 13.0 Å². The second-order valence-electron chi connectivity index (χ2n) is 4.93. The summed E-state index contributed by atoms with van der Waals surface area (Å²) in [6.45, 7) is -0.411. The molecule has 0 amide bonds. The number of rotatable bonds is 4. The molecule has 1 aromatic carbocycles. The van der Waals surface area contributed by atoms with Crippen molar-refractivity contribution in [2.24, 2.45) is 0 Å². The maximum Gasteiger partial charge on any atom is 0.265 e. The van der Waals surface area contributed by atoms with E-state index < -0.39 is 6.61 Å². The van der Waals surface area contributed by atoms with Crippen molar-refractivity contribution >= 4 is 34.4 Å². The fourth-order valence-electron chi connectivity index (χ4n) is 2.28. The van der Waals surface area contributed by atoms with E-state index in [0.717, 1.165) is 5.69 Å². The summed E-state index contributed by atoms with van der Waals surface area (Å²) in [5, 5.41) is 16.2. The maximum absolute atomic E-state index is 12.5. The quantitative estimate of drug-likeness (QED) is 0.675.